The molecular formula is C16H17F3N2OS2. The number of rotatable bonds is 6. The second kappa shape index (κ2) is 8.02. The quantitative estimate of drug-likeness (QED) is 0.768. The Balaban J connectivity index is 1.87. The van der Waals surface area contributed by atoms with Crippen LogP contribution < -0.4 is 5.32 Å². The minimum atomic E-state index is -4.40. The number of nitrogens with one attached hydrogen (secondary N) is 1. The van der Waals surface area contributed by atoms with Crippen LogP contribution in [0.1, 0.15) is 22.4 Å². The second-order valence-corrected chi connectivity index (χ2v) is 7.47. The number of thioether (sulfide) groups is 1. The van der Waals surface area contributed by atoms with Crippen LogP contribution in [0, 0.1) is 13.8 Å². The predicted octanol–water partition coefficient (Wildman–Crippen LogP) is 4.27. The maximum Gasteiger partial charge on any atom is 0.405 e. The highest BCUT2D eigenvalue weighted by molar-refractivity contribution is 8.00. The van der Waals surface area contributed by atoms with Crippen molar-refractivity contribution in [3.05, 3.63) is 46.0 Å². The highest BCUT2D eigenvalue weighted by Gasteiger charge is 2.27. The molecule has 1 aromatic carbocycles. The maximum atomic E-state index is 12.0. The summed E-state index contributed by atoms with van der Waals surface area (Å²) < 4.78 is 36.9. The zero-order valence-electron chi connectivity index (χ0n) is 13.2. The summed E-state index contributed by atoms with van der Waals surface area (Å²) in [6.07, 6.45) is -4.54. The first kappa shape index (κ1) is 18.8. The van der Waals surface area contributed by atoms with Crippen LogP contribution in [-0.2, 0) is 17.0 Å². The van der Waals surface area contributed by atoms with Crippen molar-refractivity contribution in [3.8, 4) is 0 Å². The fourth-order valence-corrected chi connectivity index (χ4v) is 3.86. The van der Waals surface area contributed by atoms with Crippen molar-refractivity contribution in [2.45, 2.75) is 36.5 Å². The molecule has 130 valence electrons. The van der Waals surface area contributed by atoms with Crippen LogP contribution in [0.2, 0.25) is 0 Å². The standard InChI is InChI=1S/C16H17F3N2OS2/c1-10-3-4-11(2)12(5-10)7-23-15-21-13(8-24-15)6-14(22)20-9-16(17,18)19/h3-5,8H,6-7,9H2,1-2H3,(H,20,22). The molecule has 0 aliphatic rings. The number of thiazole rings is 1. The number of carbonyl (C=O) groups excluding carboxylic acids is 1. The molecule has 0 unspecified atom stereocenters. The molecule has 2 rings (SSSR count). The number of hydrogen-bond acceptors (Lipinski definition) is 4. The highest BCUT2D eigenvalue weighted by Crippen LogP contribution is 2.28. The molecule has 1 aromatic heterocycles. The largest absolute Gasteiger partial charge is 0.405 e. The number of hydrogen-bond donors (Lipinski definition) is 1. The van der Waals surface area contributed by atoms with Crippen LogP contribution >= 0.6 is 23.1 Å². The van der Waals surface area contributed by atoms with E-state index in [2.05, 4.69) is 23.2 Å². The number of aryl methyl sites for hydroxylation is 2. The maximum absolute atomic E-state index is 12.0. The molecule has 0 aliphatic heterocycles. The van der Waals surface area contributed by atoms with Gasteiger partial charge in [-0.25, -0.2) is 4.98 Å². The SMILES string of the molecule is Cc1ccc(C)c(CSc2nc(CC(=O)NCC(F)(F)F)cs2)c1. The molecule has 1 heterocycles. The Bertz CT molecular complexity index is 714. The molecule has 0 radical (unpaired) electrons. The van der Waals surface area contributed by atoms with Gasteiger partial charge in [0.2, 0.25) is 5.91 Å². The third-order valence-electron chi connectivity index (χ3n) is 3.21. The highest BCUT2D eigenvalue weighted by atomic mass is 32.2. The lowest BCUT2D eigenvalue weighted by Crippen LogP contribution is -2.34. The van der Waals surface area contributed by atoms with E-state index >= 15 is 0 Å². The van der Waals surface area contributed by atoms with Gasteiger partial charge in [-0.1, -0.05) is 35.5 Å². The van der Waals surface area contributed by atoms with E-state index in [-0.39, 0.29) is 6.42 Å². The molecule has 0 spiro atoms. The first-order valence-electron chi connectivity index (χ1n) is 7.20. The zero-order valence-corrected chi connectivity index (χ0v) is 14.9. The van der Waals surface area contributed by atoms with Crippen LogP contribution in [0.5, 0.6) is 0 Å². The minimum absolute atomic E-state index is 0.142. The van der Waals surface area contributed by atoms with E-state index in [9.17, 15) is 18.0 Å². The summed E-state index contributed by atoms with van der Waals surface area (Å²) in [5.74, 6) is 0.0875. The fraction of sp³-hybridized carbons (Fsp3) is 0.375. The normalized spacial score (nSPS) is 11.5. The summed E-state index contributed by atoms with van der Waals surface area (Å²) in [7, 11) is 0. The Kier molecular flexibility index (Phi) is 6.28. The Morgan fingerprint density at radius 2 is 2.08 bits per heavy atom. The van der Waals surface area contributed by atoms with Crippen molar-refractivity contribution in [1.82, 2.24) is 10.3 Å². The van der Waals surface area contributed by atoms with Crippen LogP contribution in [0.25, 0.3) is 0 Å². The Morgan fingerprint density at radius 3 is 2.79 bits per heavy atom. The average molecular weight is 374 g/mol. The van der Waals surface area contributed by atoms with Crippen molar-refractivity contribution >= 4 is 29.0 Å². The first-order chi connectivity index (χ1) is 11.2. The lowest BCUT2D eigenvalue weighted by Gasteiger charge is -2.07. The molecule has 1 amide bonds. The van der Waals surface area contributed by atoms with E-state index < -0.39 is 18.6 Å². The van der Waals surface area contributed by atoms with Crippen LogP contribution in [-0.4, -0.2) is 23.6 Å². The fourth-order valence-electron chi connectivity index (χ4n) is 1.96. The summed E-state index contributed by atoms with van der Waals surface area (Å²) in [6.45, 7) is 2.77. The summed E-state index contributed by atoms with van der Waals surface area (Å²) in [6, 6.07) is 6.26. The third-order valence-corrected chi connectivity index (χ3v) is 5.33. The van der Waals surface area contributed by atoms with Gasteiger partial charge in [-0.15, -0.1) is 11.3 Å². The lowest BCUT2D eigenvalue weighted by atomic mass is 10.1. The lowest BCUT2D eigenvalue weighted by molar-refractivity contribution is -0.138. The van der Waals surface area contributed by atoms with Crippen LogP contribution in [0.15, 0.2) is 27.9 Å². The topological polar surface area (TPSA) is 42.0 Å². The number of alkyl halides is 3. The van der Waals surface area contributed by atoms with E-state index in [0.717, 1.165) is 10.1 Å². The van der Waals surface area contributed by atoms with Gasteiger partial charge in [0, 0.05) is 11.1 Å². The van der Waals surface area contributed by atoms with E-state index in [4.69, 9.17) is 0 Å². The van der Waals surface area contributed by atoms with E-state index in [1.807, 2.05) is 19.2 Å². The molecule has 24 heavy (non-hydrogen) atoms. The second-order valence-electron chi connectivity index (χ2n) is 5.39. The molecule has 0 fully saturated rings. The van der Waals surface area contributed by atoms with E-state index in [1.165, 1.54) is 28.0 Å². The van der Waals surface area contributed by atoms with Gasteiger partial charge in [0.1, 0.15) is 10.9 Å². The van der Waals surface area contributed by atoms with Crippen molar-refractivity contribution in [2.24, 2.45) is 0 Å². The Labute approximate surface area is 146 Å². The van der Waals surface area contributed by atoms with E-state index in [1.54, 1.807) is 17.1 Å². The number of nitrogens with zero attached hydrogens (tertiary/aromatic N) is 1. The number of carbonyl (C=O) groups is 1. The Morgan fingerprint density at radius 1 is 1.33 bits per heavy atom. The van der Waals surface area contributed by atoms with Gasteiger partial charge in [0.05, 0.1) is 12.1 Å². The number of benzene rings is 1. The zero-order chi connectivity index (χ0) is 17.7. The average Bonchev–Trinajstić information content (AvgIpc) is 2.93. The Hall–Kier alpha value is -1.54. The van der Waals surface area contributed by atoms with Gasteiger partial charge in [-0.2, -0.15) is 13.2 Å². The molecule has 0 bridgehead atoms. The van der Waals surface area contributed by atoms with Crippen molar-refractivity contribution in [2.75, 3.05) is 6.54 Å². The van der Waals surface area contributed by atoms with Gasteiger partial charge in [-0.05, 0) is 25.0 Å². The summed E-state index contributed by atoms with van der Waals surface area (Å²) in [5, 5.41) is 3.55. The smallest absolute Gasteiger partial charge is 0.347 e. The molecule has 0 saturated heterocycles. The van der Waals surface area contributed by atoms with Gasteiger partial charge in [0.15, 0.2) is 0 Å². The molecule has 8 heteroatoms. The number of amides is 1. The van der Waals surface area contributed by atoms with Crippen molar-refractivity contribution in [3.63, 3.8) is 0 Å². The van der Waals surface area contributed by atoms with E-state index in [0.29, 0.717) is 5.69 Å². The molecule has 0 aliphatic carbocycles. The molecule has 0 saturated carbocycles. The van der Waals surface area contributed by atoms with Gasteiger partial charge in [-0.3, -0.25) is 4.79 Å². The minimum Gasteiger partial charge on any atom is -0.347 e. The first-order valence-corrected chi connectivity index (χ1v) is 9.06. The van der Waals surface area contributed by atoms with Gasteiger partial charge < -0.3 is 5.32 Å². The van der Waals surface area contributed by atoms with Gasteiger partial charge >= 0.3 is 6.18 Å². The number of halogens is 3. The summed E-state index contributed by atoms with van der Waals surface area (Å²) in [4.78, 5) is 15.8. The molecule has 1 N–H and O–H groups in total. The molecule has 3 nitrogen and oxygen atoms in total. The number of aromatic nitrogens is 1. The van der Waals surface area contributed by atoms with Crippen LogP contribution in [0.4, 0.5) is 13.2 Å². The molecular weight excluding hydrogens is 357 g/mol. The molecule has 2 aromatic rings. The predicted molar refractivity (Wildman–Crippen MR) is 90.4 cm³/mol. The summed E-state index contributed by atoms with van der Waals surface area (Å²) >= 11 is 2.95. The van der Waals surface area contributed by atoms with Crippen molar-refractivity contribution in [1.29, 1.82) is 0 Å². The molecule has 0 atom stereocenters. The summed E-state index contributed by atoms with van der Waals surface area (Å²) in [5.41, 5.74) is 4.11. The third kappa shape index (κ3) is 6.16. The van der Waals surface area contributed by atoms with Gasteiger partial charge in [0.25, 0.3) is 0 Å². The van der Waals surface area contributed by atoms with Crippen LogP contribution in [0.3, 0.4) is 0 Å². The monoisotopic (exact) mass is 374 g/mol. The van der Waals surface area contributed by atoms with Crippen molar-refractivity contribution < 1.29 is 18.0 Å².